The fourth-order valence-electron chi connectivity index (χ4n) is 3.54. The highest BCUT2D eigenvalue weighted by molar-refractivity contribution is 5.78. The normalized spacial score (nSPS) is 19.9. The molecule has 1 aliphatic rings. The number of ether oxygens (including phenoxy) is 3. The number of carbonyl (C=O) groups excluding carboxylic acids is 1. The fourth-order valence-corrected chi connectivity index (χ4v) is 3.54. The number of rotatable bonds is 8. The van der Waals surface area contributed by atoms with Crippen LogP contribution in [-0.2, 0) is 14.3 Å². The van der Waals surface area contributed by atoms with Gasteiger partial charge in [0.25, 0.3) is 0 Å². The summed E-state index contributed by atoms with van der Waals surface area (Å²) < 4.78 is 16.7. The summed E-state index contributed by atoms with van der Waals surface area (Å²) in [5.74, 6) is -0.140. The maximum absolute atomic E-state index is 12.9. The van der Waals surface area contributed by atoms with Gasteiger partial charge in [-0.3, -0.25) is 4.79 Å². The molecule has 1 saturated carbocycles. The third-order valence-corrected chi connectivity index (χ3v) is 5.30. The van der Waals surface area contributed by atoms with Gasteiger partial charge in [-0.05, 0) is 43.5 Å². The molecule has 1 heterocycles. The van der Waals surface area contributed by atoms with Crippen LogP contribution in [0.2, 0.25) is 0 Å². The Morgan fingerprint density at radius 2 is 1.81 bits per heavy atom. The van der Waals surface area contributed by atoms with Crippen LogP contribution in [0.5, 0.6) is 11.6 Å². The molecule has 164 valence electrons. The molecule has 0 spiro atoms. The molecule has 0 saturated heterocycles. The van der Waals surface area contributed by atoms with Crippen molar-refractivity contribution in [1.82, 2.24) is 4.98 Å². The molecule has 0 N–H and O–H groups in total. The van der Waals surface area contributed by atoms with Gasteiger partial charge in [0.2, 0.25) is 12.0 Å². The highest BCUT2D eigenvalue weighted by atomic mass is 16.5. The van der Waals surface area contributed by atoms with Crippen LogP contribution in [0.1, 0.15) is 39.5 Å². The molecule has 1 aromatic heterocycles. The van der Waals surface area contributed by atoms with Gasteiger partial charge in [0.05, 0.1) is 17.7 Å². The molecule has 0 bridgehead atoms. The molecule has 2 aromatic rings. The lowest BCUT2D eigenvalue weighted by Gasteiger charge is -2.12. The van der Waals surface area contributed by atoms with Crippen molar-refractivity contribution in [3.8, 4) is 23.8 Å². The van der Waals surface area contributed by atoms with Crippen molar-refractivity contribution in [3.05, 3.63) is 66.1 Å². The summed E-state index contributed by atoms with van der Waals surface area (Å²) in [7, 11) is 0. The SMILES string of the molecule is CC(C)OC(C#N)=C[C@H]1[C@@H](C(=O)OC(C#N)c2cccc(Oc3ccccc3)n2)C1(C)C. The predicted octanol–water partition coefficient (Wildman–Crippen LogP) is 5.09. The Hall–Kier alpha value is -3.84. The van der Waals surface area contributed by atoms with E-state index in [4.69, 9.17) is 14.2 Å². The van der Waals surface area contributed by atoms with Gasteiger partial charge in [0, 0.05) is 12.0 Å². The molecule has 1 aromatic carbocycles. The van der Waals surface area contributed by atoms with E-state index < -0.39 is 23.4 Å². The summed E-state index contributed by atoms with van der Waals surface area (Å²) in [6, 6.07) is 18.1. The monoisotopic (exact) mass is 431 g/mol. The zero-order valence-electron chi connectivity index (χ0n) is 18.5. The molecule has 1 fully saturated rings. The number of carbonyl (C=O) groups is 1. The first-order chi connectivity index (χ1) is 15.3. The number of benzene rings is 1. The molecular weight excluding hydrogens is 406 g/mol. The highest BCUT2D eigenvalue weighted by Crippen LogP contribution is 2.60. The third-order valence-electron chi connectivity index (χ3n) is 5.30. The second-order valence-electron chi connectivity index (χ2n) is 8.40. The fraction of sp³-hybridized carbons (Fsp3) is 0.360. The van der Waals surface area contributed by atoms with Crippen molar-refractivity contribution in [3.63, 3.8) is 0 Å². The summed E-state index contributed by atoms with van der Waals surface area (Å²) >= 11 is 0. The Balaban J connectivity index is 1.71. The summed E-state index contributed by atoms with van der Waals surface area (Å²) in [5.41, 5.74) is -0.133. The Morgan fingerprint density at radius 1 is 1.09 bits per heavy atom. The molecule has 1 unspecified atom stereocenters. The predicted molar refractivity (Wildman–Crippen MR) is 116 cm³/mol. The minimum absolute atomic E-state index is 0.146. The summed E-state index contributed by atoms with van der Waals surface area (Å²) in [6.07, 6.45) is 0.345. The van der Waals surface area contributed by atoms with E-state index in [1.54, 1.807) is 36.4 Å². The maximum atomic E-state index is 12.9. The molecule has 7 heteroatoms. The van der Waals surface area contributed by atoms with Crippen LogP contribution >= 0.6 is 0 Å². The maximum Gasteiger partial charge on any atom is 0.311 e. The molecule has 1 aliphatic carbocycles. The van der Waals surface area contributed by atoms with Crippen molar-refractivity contribution in [2.45, 2.75) is 39.9 Å². The molecule has 32 heavy (non-hydrogen) atoms. The number of pyridine rings is 1. The average Bonchev–Trinajstić information content (AvgIpc) is 3.31. The van der Waals surface area contributed by atoms with E-state index >= 15 is 0 Å². The number of nitrogens with zero attached hydrogens (tertiary/aromatic N) is 3. The van der Waals surface area contributed by atoms with Crippen LogP contribution in [-0.4, -0.2) is 17.1 Å². The van der Waals surface area contributed by atoms with E-state index in [1.807, 2.05) is 58.0 Å². The number of aromatic nitrogens is 1. The standard InChI is InChI=1S/C25H25N3O4/c1-16(2)30-18(14-26)13-19-23(25(19,3)4)24(29)32-21(15-27)20-11-8-12-22(28-20)31-17-9-6-5-7-10-17/h5-13,16,19,21,23H,1-4H3/t19-,21?,23-/m0/s1. The number of nitriles is 2. The van der Waals surface area contributed by atoms with Crippen LogP contribution in [0.4, 0.5) is 0 Å². The molecule has 0 aliphatic heterocycles. The molecule has 7 nitrogen and oxygen atoms in total. The lowest BCUT2D eigenvalue weighted by atomic mass is 10.1. The largest absolute Gasteiger partial charge is 0.481 e. The zero-order valence-corrected chi connectivity index (χ0v) is 18.5. The minimum atomic E-state index is -1.18. The van der Waals surface area contributed by atoms with Crippen LogP contribution < -0.4 is 4.74 Å². The number of allylic oxidation sites excluding steroid dienone is 2. The molecular formula is C25H25N3O4. The van der Waals surface area contributed by atoms with E-state index in [0.717, 1.165) is 0 Å². The number of esters is 1. The summed E-state index contributed by atoms with van der Waals surface area (Å²) in [5, 5.41) is 18.9. The van der Waals surface area contributed by atoms with Gasteiger partial charge in [-0.1, -0.05) is 38.1 Å². The van der Waals surface area contributed by atoms with Crippen molar-refractivity contribution >= 4 is 5.97 Å². The zero-order chi connectivity index (χ0) is 23.3. The lowest BCUT2D eigenvalue weighted by molar-refractivity contribution is -0.149. The molecule has 0 radical (unpaired) electrons. The van der Waals surface area contributed by atoms with Crippen LogP contribution in [0.3, 0.4) is 0 Å². The Kier molecular flexibility index (Phi) is 6.80. The van der Waals surface area contributed by atoms with E-state index in [9.17, 15) is 15.3 Å². The van der Waals surface area contributed by atoms with Crippen LogP contribution in [0, 0.1) is 39.9 Å². The first kappa shape index (κ1) is 22.8. The number of hydrogen-bond acceptors (Lipinski definition) is 7. The van der Waals surface area contributed by atoms with E-state index in [2.05, 4.69) is 4.98 Å². The Bertz CT molecular complexity index is 1080. The number of para-hydroxylation sites is 1. The third kappa shape index (κ3) is 5.25. The van der Waals surface area contributed by atoms with Crippen LogP contribution in [0.15, 0.2) is 60.4 Å². The van der Waals surface area contributed by atoms with Gasteiger partial charge in [0.1, 0.15) is 17.9 Å². The number of hydrogen-bond donors (Lipinski definition) is 0. The Labute approximate surface area is 187 Å². The van der Waals surface area contributed by atoms with E-state index in [-0.39, 0.29) is 23.5 Å². The lowest BCUT2D eigenvalue weighted by Crippen LogP contribution is -2.15. The first-order valence-electron chi connectivity index (χ1n) is 10.3. The quantitative estimate of drug-likeness (QED) is 0.326. The van der Waals surface area contributed by atoms with Crippen molar-refractivity contribution < 1.29 is 19.0 Å². The van der Waals surface area contributed by atoms with Gasteiger partial charge < -0.3 is 14.2 Å². The smallest absolute Gasteiger partial charge is 0.311 e. The van der Waals surface area contributed by atoms with Gasteiger partial charge >= 0.3 is 5.97 Å². The highest BCUT2D eigenvalue weighted by Gasteiger charge is 2.62. The topological polar surface area (TPSA) is 105 Å². The van der Waals surface area contributed by atoms with Gasteiger partial charge in [-0.2, -0.15) is 10.5 Å². The van der Waals surface area contributed by atoms with Crippen molar-refractivity contribution in [1.29, 1.82) is 10.5 Å². The second-order valence-corrected chi connectivity index (χ2v) is 8.40. The Morgan fingerprint density at radius 3 is 2.44 bits per heavy atom. The minimum Gasteiger partial charge on any atom is -0.481 e. The van der Waals surface area contributed by atoms with Gasteiger partial charge in [-0.15, -0.1) is 0 Å². The van der Waals surface area contributed by atoms with Crippen molar-refractivity contribution in [2.75, 3.05) is 0 Å². The summed E-state index contributed by atoms with van der Waals surface area (Å²) in [4.78, 5) is 17.2. The molecule has 3 atom stereocenters. The molecule has 0 amide bonds. The first-order valence-corrected chi connectivity index (χ1v) is 10.3. The van der Waals surface area contributed by atoms with Gasteiger partial charge in [-0.25, -0.2) is 4.98 Å². The van der Waals surface area contributed by atoms with Crippen LogP contribution in [0.25, 0.3) is 0 Å². The van der Waals surface area contributed by atoms with E-state index in [1.165, 1.54) is 0 Å². The molecule has 3 rings (SSSR count). The van der Waals surface area contributed by atoms with E-state index in [0.29, 0.717) is 11.6 Å². The second kappa shape index (κ2) is 9.53. The summed E-state index contributed by atoms with van der Waals surface area (Å²) in [6.45, 7) is 7.49. The van der Waals surface area contributed by atoms with Crippen molar-refractivity contribution in [2.24, 2.45) is 17.3 Å². The average molecular weight is 431 g/mol. The van der Waals surface area contributed by atoms with Gasteiger partial charge in [0.15, 0.2) is 5.76 Å².